The number of fused-ring (bicyclic) bond motifs is 1. The Hall–Kier alpha value is -1.75. The zero-order valence-corrected chi connectivity index (χ0v) is 13.1. The molecule has 5 nitrogen and oxygen atoms in total. The minimum atomic E-state index is -0.821. The molecule has 2 rings (SSSR count). The predicted molar refractivity (Wildman–Crippen MR) is 77.4 cm³/mol. The van der Waals surface area contributed by atoms with E-state index in [0.717, 1.165) is 0 Å². The number of carbonyl (C=O) groups excluding carboxylic acids is 2. The second kappa shape index (κ2) is 5.22. The molecule has 0 saturated carbocycles. The van der Waals surface area contributed by atoms with Crippen molar-refractivity contribution in [2.75, 3.05) is 6.61 Å². The number of aromatic nitrogens is 1. The summed E-state index contributed by atoms with van der Waals surface area (Å²) in [5.74, 6) is -0.564. The van der Waals surface area contributed by atoms with E-state index in [-0.39, 0.29) is 18.8 Å². The molecule has 0 radical (unpaired) electrons. The van der Waals surface area contributed by atoms with Crippen molar-refractivity contribution in [1.29, 1.82) is 0 Å². The second-order valence-corrected chi connectivity index (χ2v) is 6.17. The number of aryl methyl sites for hydroxylation is 1. The smallest absolute Gasteiger partial charge is 0.340 e. The van der Waals surface area contributed by atoms with Gasteiger partial charge in [-0.1, -0.05) is 13.8 Å². The molecule has 1 N–H and O–H groups in total. The standard InChI is InChI=1S/C16H21NO4/c1-6-21-15(20)11-8(2)12-10(18)7-16(4,5)14(19)13(12)17-9(11)3/h14,19H,6-7H2,1-5H3. The number of carbonyl (C=O) groups is 2. The highest BCUT2D eigenvalue weighted by molar-refractivity contribution is 6.03. The van der Waals surface area contributed by atoms with Crippen LogP contribution in [-0.2, 0) is 4.74 Å². The molecular weight excluding hydrogens is 270 g/mol. The summed E-state index contributed by atoms with van der Waals surface area (Å²) in [5.41, 5.74) is 1.55. The molecule has 0 aromatic carbocycles. The highest BCUT2D eigenvalue weighted by Crippen LogP contribution is 2.44. The van der Waals surface area contributed by atoms with Crippen LogP contribution in [-0.4, -0.2) is 28.4 Å². The quantitative estimate of drug-likeness (QED) is 0.847. The molecule has 0 spiro atoms. The van der Waals surface area contributed by atoms with Crippen molar-refractivity contribution in [1.82, 2.24) is 4.98 Å². The normalized spacial score (nSPS) is 20.1. The summed E-state index contributed by atoms with van der Waals surface area (Å²) in [5, 5.41) is 10.5. The van der Waals surface area contributed by atoms with Crippen LogP contribution in [0.2, 0.25) is 0 Å². The van der Waals surface area contributed by atoms with E-state index in [1.165, 1.54) is 0 Å². The van der Waals surface area contributed by atoms with Crippen molar-refractivity contribution in [3.8, 4) is 0 Å². The Morgan fingerprint density at radius 2 is 2.05 bits per heavy atom. The lowest BCUT2D eigenvalue weighted by atomic mass is 9.72. The molecular formula is C16H21NO4. The molecule has 0 fully saturated rings. The second-order valence-electron chi connectivity index (χ2n) is 6.17. The van der Waals surface area contributed by atoms with Crippen molar-refractivity contribution in [2.24, 2.45) is 5.41 Å². The maximum absolute atomic E-state index is 12.4. The van der Waals surface area contributed by atoms with Crippen molar-refractivity contribution in [2.45, 2.75) is 47.1 Å². The van der Waals surface area contributed by atoms with Gasteiger partial charge in [-0.3, -0.25) is 9.78 Å². The van der Waals surface area contributed by atoms with Crippen LogP contribution < -0.4 is 0 Å². The number of esters is 1. The number of aliphatic hydroxyl groups is 1. The fourth-order valence-electron chi connectivity index (χ4n) is 2.90. The third-order valence-corrected chi connectivity index (χ3v) is 4.03. The van der Waals surface area contributed by atoms with Crippen molar-refractivity contribution in [3.63, 3.8) is 0 Å². The van der Waals surface area contributed by atoms with Crippen LogP contribution in [0.5, 0.6) is 0 Å². The number of aliphatic hydroxyl groups excluding tert-OH is 1. The van der Waals surface area contributed by atoms with Crippen LogP contribution in [0.4, 0.5) is 0 Å². The number of hydrogen-bond acceptors (Lipinski definition) is 5. The predicted octanol–water partition coefficient (Wildman–Crippen LogP) is 2.52. The SMILES string of the molecule is CCOC(=O)c1c(C)nc2c(c1C)C(=O)CC(C)(C)C2O. The molecule has 5 heteroatoms. The van der Waals surface area contributed by atoms with Crippen LogP contribution in [0.15, 0.2) is 0 Å². The Balaban J connectivity index is 2.67. The van der Waals surface area contributed by atoms with Gasteiger partial charge in [0.25, 0.3) is 0 Å². The summed E-state index contributed by atoms with van der Waals surface area (Å²) in [4.78, 5) is 28.8. The van der Waals surface area contributed by atoms with E-state index in [1.54, 1.807) is 20.8 Å². The Morgan fingerprint density at radius 3 is 2.62 bits per heavy atom. The highest BCUT2D eigenvalue weighted by atomic mass is 16.5. The minimum absolute atomic E-state index is 0.0872. The highest BCUT2D eigenvalue weighted by Gasteiger charge is 2.42. The topological polar surface area (TPSA) is 76.5 Å². The summed E-state index contributed by atoms with van der Waals surface area (Å²) < 4.78 is 5.03. The number of pyridine rings is 1. The molecule has 1 aromatic rings. The first-order valence-electron chi connectivity index (χ1n) is 7.10. The summed E-state index contributed by atoms with van der Waals surface area (Å²) in [6.45, 7) is 9.07. The lowest BCUT2D eigenvalue weighted by Crippen LogP contribution is -2.34. The zero-order valence-electron chi connectivity index (χ0n) is 13.1. The number of rotatable bonds is 2. The fraction of sp³-hybridized carbons (Fsp3) is 0.562. The van der Waals surface area contributed by atoms with E-state index >= 15 is 0 Å². The van der Waals surface area contributed by atoms with Gasteiger partial charge in [0.1, 0.15) is 6.10 Å². The van der Waals surface area contributed by atoms with Gasteiger partial charge in [-0.2, -0.15) is 0 Å². The molecule has 0 saturated heterocycles. The van der Waals surface area contributed by atoms with Gasteiger partial charge in [0.15, 0.2) is 5.78 Å². The fourth-order valence-corrected chi connectivity index (χ4v) is 2.90. The average Bonchev–Trinajstić information content (AvgIpc) is 2.35. The van der Waals surface area contributed by atoms with Gasteiger partial charge >= 0.3 is 5.97 Å². The Morgan fingerprint density at radius 1 is 1.43 bits per heavy atom. The Kier molecular flexibility index (Phi) is 3.89. The number of ketones is 1. The van der Waals surface area contributed by atoms with Gasteiger partial charge in [-0.05, 0) is 26.3 Å². The van der Waals surface area contributed by atoms with Gasteiger partial charge in [0.05, 0.1) is 23.6 Å². The molecule has 0 amide bonds. The molecule has 1 heterocycles. The summed E-state index contributed by atoms with van der Waals surface area (Å²) in [7, 11) is 0. The first kappa shape index (κ1) is 15.6. The minimum Gasteiger partial charge on any atom is -0.462 e. The van der Waals surface area contributed by atoms with Gasteiger partial charge in [-0.25, -0.2) is 4.79 Å². The Bertz CT molecular complexity index is 619. The molecule has 1 aromatic heterocycles. The van der Waals surface area contributed by atoms with E-state index in [9.17, 15) is 14.7 Å². The number of hydrogen-bond donors (Lipinski definition) is 1. The van der Waals surface area contributed by atoms with Crippen LogP contribution in [0.1, 0.15) is 71.0 Å². The third-order valence-electron chi connectivity index (χ3n) is 4.03. The lowest BCUT2D eigenvalue weighted by molar-refractivity contribution is 0.0284. The number of ether oxygens (including phenoxy) is 1. The summed E-state index contributed by atoms with van der Waals surface area (Å²) >= 11 is 0. The Labute approximate surface area is 124 Å². The van der Waals surface area contributed by atoms with Crippen LogP contribution >= 0.6 is 0 Å². The largest absolute Gasteiger partial charge is 0.462 e. The maximum atomic E-state index is 12.4. The van der Waals surface area contributed by atoms with E-state index in [2.05, 4.69) is 4.98 Å². The van der Waals surface area contributed by atoms with Gasteiger partial charge < -0.3 is 9.84 Å². The molecule has 1 atom stereocenters. The van der Waals surface area contributed by atoms with E-state index in [0.29, 0.717) is 28.1 Å². The number of nitrogens with zero attached hydrogens (tertiary/aromatic N) is 1. The van der Waals surface area contributed by atoms with Crippen LogP contribution in [0.25, 0.3) is 0 Å². The van der Waals surface area contributed by atoms with Crippen molar-refractivity contribution < 1.29 is 19.4 Å². The van der Waals surface area contributed by atoms with E-state index in [4.69, 9.17) is 4.74 Å². The third kappa shape index (κ3) is 2.46. The van der Waals surface area contributed by atoms with Crippen molar-refractivity contribution in [3.05, 3.63) is 28.1 Å². The zero-order chi connectivity index (χ0) is 15.9. The number of Topliss-reactive ketones (excluding diaryl/α,β-unsaturated/α-hetero) is 1. The maximum Gasteiger partial charge on any atom is 0.340 e. The van der Waals surface area contributed by atoms with Crippen LogP contribution in [0.3, 0.4) is 0 Å². The van der Waals surface area contributed by atoms with Crippen LogP contribution in [0, 0.1) is 19.3 Å². The monoisotopic (exact) mass is 291 g/mol. The van der Waals surface area contributed by atoms with Crippen molar-refractivity contribution >= 4 is 11.8 Å². The summed E-state index contributed by atoms with van der Waals surface area (Å²) in [6.07, 6.45) is -0.589. The molecule has 0 aliphatic heterocycles. The first-order chi connectivity index (χ1) is 9.70. The van der Waals surface area contributed by atoms with Gasteiger partial charge in [-0.15, -0.1) is 0 Å². The van der Waals surface area contributed by atoms with E-state index in [1.807, 2.05) is 13.8 Å². The van der Waals surface area contributed by atoms with Gasteiger partial charge in [0.2, 0.25) is 0 Å². The van der Waals surface area contributed by atoms with Gasteiger partial charge in [0, 0.05) is 17.4 Å². The summed E-state index contributed by atoms with van der Waals surface area (Å²) in [6, 6.07) is 0. The van der Waals surface area contributed by atoms with E-state index < -0.39 is 17.5 Å². The molecule has 21 heavy (non-hydrogen) atoms. The average molecular weight is 291 g/mol. The molecule has 1 aliphatic carbocycles. The lowest BCUT2D eigenvalue weighted by Gasteiger charge is -2.36. The molecule has 1 aliphatic rings. The first-order valence-corrected chi connectivity index (χ1v) is 7.10. The molecule has 1 unspecified atom stereocenters. The molecule has 0 bridgehead atoms. The molecule has 114 valence electrons.